The number of thiazole rings is 1. The number of aromatic nitrogens is 3. The van der Waals surface area contributed by atoms with Gasteiger partial charge in [0, 0.05) is 30.9 Å². The van der Waals surface area contributed by atoms with E-state index in [0.717, 1.165) is 42.1 Å². The van der Waals surface area contributed by atoms with Gasteiger partial charge in [0.05, 0.1) is 28.1 Å². The van der Waals surface area contributed by atoms with Crippen molar-refractivity contribution in [2.24, 2.45) is 0 Å². The topological polar surface area (TPSA) is 109 Å². The number of carbonyl (C=O) groups excluding carboxylic acids is 3. The molecule has 1 atom stereocenters. The minimum absolute atomic E-state index is 0.00554. The number of benzene rings is 1. The molecule has 2 aromatic heterocycles. The van der Waals surface area contributed by atoms with Crippen LogP contribution < -0.4 is 10.6 Å². The van der Waals surface area contributed by atoms with Crippen molar-refractivity contribution < 1.29 is 14.4 Å². The fraction of sp³-hybridized carbons (Fsp3) is 0.423. The fourth-order valence-electron chi connectivity index (χ4n) is 4.84. The standard InChI is InChI=1S/C26H30N6O3S/c1-17-20(15-28-32(17)19-7-3-2-4-8-19)26(35)31-13-10-18(11-14-31)25-30-22(16-36-25)24(34)29-21-9-5-6-12-27-23(21)33/h2-4,7-8,15-16,18,21H,5-6,9-14H2,1H3,(H,27,33)(H,29,34). The lowest BCUT2D eigenvalue weighted by molar-refractivity contribution is -0.122. The number of para-hydroxylation sites is 1. The number of nitrogens with zero attached hydrogens (tertiary/aromatic N) is 4. The highest BCUT2D eigenvalue weighted by molar-refractivity contribution is 7.09. The van der Waals surface area contributed by atoms with Crippen molar-refractivity contribution in [2.75, 3.05) is 19.6 Å². The van der Waals surface area contributed by atoms with Crippen LogP contribution in [-0.2, 0) is 4.79 Å². The largest absolute Gasteiger partial charge is 0.354 e. The molecule has 0 spiro atoms. The fourth-order valence-corrected chi connectivity index (χ4v) is 5.81. The molecule has 5 rings (SSSR count). The van der Waals surface area contributed by atoms with Crippen LogP contribution in [0.2, 0.25) is 0 Å². The first kappa shape index (κ1) is 24.2. The molecule has 4 heterocycles. The molecule has 0 aliphatic carbocycles. The molecule has 2 aliphatic rings. The summed E-state index contributed by atoms with van der Waals surface area (Å²) in [6.07, 6.45) is 5.70. The summed E-state index contributed by atoms with van der Waals surface area (Å²) in [5.74, 6) is -0.236. The summed E-state index contributed by atoms with van der Waals surface area (Å²) in [6.45, 7) is 3.83. The van der Waals surface area contributed by atoms with Crippen LogP contribution in [0, 0.1) is 6.92 Å². The number of rotatable bonds is 5. The van der Waals surface area contributed by atoms with Crippen LogP contribution in [0.1, 0.15) is 69.6 Å². The molecule has 0 saturated carbocycles. The molecule has 9 nitrogen and oxygen atoms in total. The van der Waals surface area contributed by atoms with Gasteiger partial charge in [-0.15, -0.1) is 11.3 Å². The van der Waals surface area contributed by atoms with Crippen molar-refractivity contribution in [3.8, 4) is 5.69 Å². The summed E-state index contributed by atoms with van der Waals surface area (Å²) in [5, 5.41) is 12.8. The highest BCUT2D eigenvalue weighted by Gasteiger charge is 2.29. The Bertz CT molecular complexity index is 1250. The highest BCUT2D eigenvalue weighted by Crippen LogP contribution is 2.31. The van der Waals surface area contributed by atoms with Gasteiger partial charge in [-0.3, -0.25) is 14.4 Å². The zero-order valence-corrected chi connectivity index (χ0v) is 21.1. The van der Waals surface area contributed by atoms with Gasteiger partial charge in [-0.1, -0.05) is 18.2 Å². The smallest absolute Gasteiger partial charge is 0.271 e. The molecule has 2 N–H and O–H groups in total. The molecule has 3 amide bonds. The minimum Gasteiger partial charge on any atom is -0.354 e. The van der Waals surface area contributed by atoms with E-state index in [1.54, 1.807) is 16.3 Å². The van der Waals surface area contributed by atoms with Crippen LogP contribution in [0.25, 0.3) is 5.69 Å². The first-order valence-corrected chi connectivity index (χ1v) is 13.3. The summed E-state index contributed by atoms with van der Waals surface area (Å²) in [6, 6.07) is 9.27. The summed E-state index contributed by atoms with van der Waals surface area (Å²) in [7, 11) is 0. The van der Waals surface area contributed by atoms with Crippen LogP contribution in [0.5, 0.6) is 0 Å². The number of amides is 3. The Balaban J connectivity index is 1.18. The Morgan fingerprint density at radius 2 is 1.89 bits per heavy atom. The minimum atomic E-state index is -0.505. The van der Waals surface area contributed by atoms with Crippen LogP contribution in [-0.4, -0.2) is 63.1 Å². The van der Waals surface area contributed by atoms with E-state index < -0.39 is 6.04 Å². The lowest BCUT2D eigenvalue weighted by atomic mass is 9.97. The molecule has 0 bridgehead atoms. The molecule has 3 aromatic rings. The van der Waals surface area contributed by atoms with Gasteiger partial charge >= 0.3 is 0 Å². The quantitative estimate of drug-likeness (QED) is 0.553. The average Bonchev–Trinajstić information content (AvgIpc) is 3.50. The van der Waals surface area contributed by atoms with Gasteiger partial charge in [0.25, 0.3) is 11.8 Å². The van der Waals surface area contributed by atoms with Gasteiger partial charge < -0.3 is 15.5 Å². The Hall–Kier alpha value is -3.53. The van der Waals surface area contributed by atoms with E-state index in [1.807, 2.05) is 42.2 Å². The monoisotopic (exact) mass is 506 g/mol. The molecule has 2 saturated heterocycles. The van der Waals surface area contributed by atoms with Gasteiger partial charge in [-0.05, 0) is 51.2 Å². The van der Waals surface area contributed by atoms with Gasteiger partial charge in [0.1, 0.15) is 11.7 Å². The molecule has 10 heteroatoms. The Morgan fingerprint density at radius 1 is 1.11 bits per heavy atom. The highest BCUT2D eigenvalue weighted by atomic mass is 32.1. The lowest BCUT2D eigenvalue weighted by Crippen LogP contribution is -2.45. The molecule has 1 unspecified atom stereocenters. The number of hydrogen-bond donors (Lipinski definition) is 2. The Morgan fingerprint density at radius 3 is 2.67 bits per heavy atom. The normalized spacial score (nSPS) is 19.0. The van der Waals surface area contributed by atoms with Crippen molar-refractivity contribution >= 4 is 29.1 Å². The third-order valence-electron chi connectivity index (χ3n) is 6.97. The zero-order valence-electron chi connectivity index (χ0n) is 20.3. The molecular weight excluding hydrogens is 476 g/mol. The summed E-state index contributed by atoms with van der Waals surface area (Å²) in [4.78, 5) is 44.5. The van der Waals surface area contributed by atoms with E-state index in [9.17, 15) is 14.4 Å². The van der Waals surface area contributed by atoms with Crippen LogP contribution in [0.4, 0.5) is 0 Å². The molecule has 1 aromatic carbocycles. The Kier molecular flexibility index (Phi) is 7.13. The zero-order chi connectivity index (χ0) is 25.1. The predicted molar refractivity (Wildman–Crippen MR) is 136 cm³/mol. The molecule has 2 fully saturated rings. The van der Waals surface area contributed by atoms with E-state index in [2.05, 4.69) is 20.7 Å². The van der Waals surface area contributed by atoms with Crippen LogP contribution in [0.3, 0.4) is 0 Å². The van der Waals surface area contributed by atoms with Gasteiger partial charge in [0.2, 0.25) is 5.91 Å². The maximum atomic E-state index is 13.2. The summed E-state index contributed by atoms with van der Waals surface area (Å²) in [5.41, 5.74) is 2.73. The van der Waals surface area contributed by atoms with Gasteiger partial charge in [-0.25, -0.2) is 9.67 Å². The third-order valence-corrected chi connectivity index (χ3v) is 7.97. The van der Waals surface area contributed by atoms with Gasteiger partial charge in [-0.2, -0.15) is 5.10 Å². The van der Waals surface area contributed by atoms with Crippen molar-refractivity contribution in [2.45, 2.75) is 51.0 Å². The second-order valence-electron chi connectivity index (χ2n) is 9.34. The molecule has 36 heavy (non-hydrogen) atoms. The molecule has 188 valence electrons. The number of hydrogen-bond acceptors (Lipinski definition) is 6. The predicted octanol–water partition coefficient (Wildman–Crippen LogP) is 3.06. The second kappa shape index (κ2) is 10.6. The lowest BCUT2D eigenvalue weighted by Gasteiger charge is -2.31. The molecule has 2 aliphatic heterocycles. The number of nitrogens with one attached hydrogen (secondary N) is 2. The van der Waals surface area contributed by atoms with Crippen molar-refractivity contribution in [3.63, 3.8) is 0 Å². The maximum absolute atomic E-state index is 13.2. The van der Waals surface area contributed by atoms with E-state index in [0.29, 0.717) is 37.3 Å². The SMILES string of the molecule is Cc1c(C(=O)N2CCC(c3nc(C(=O)NC4CCCCNC4=O)cs3)CC2)cnn1-c1ccccc1. The van der Waals surface area contributed by atoms with E-state index >= 15 is 0 Å². The summed E-state index contributed by atoms with van der Waals surface area (Å²) < 4.78 is 1.79. The van der Waals surface area contributed by atoms with Gasteiger partial charge in [0.15, 0.2) is 0 Å². The second-order valence-corrected chi connectivity index (χ2v) is 10.2. The van der Waals surface area contributed by atoms with E-state index in [1.165, 1.54) is 11.3 Å². The van der Waals surface area contributed by atoms with E-state index in [-0.39, 0.29) is 23.6 Å². The summed E-state index contributed by atoms with van der Waals surface area (Å²) >= 11 is 1.47. The van der Waals surface area contributed by atoms with Crippen LogP contribution in [0.15, 0.2) is 41.9 Å². The van der Waals surface area contributed by atoms with E-state index in [4.69, 9.17) is 0 Å². The molecule has 0 radical (unpaired) electrons. The first-order valence-electron chi connectivity index (χ1n) is 12.4. The first-order chi connectivity index (χ1) is 17.5. The van der Waals surface area contributed by atoms with Crippen molar-refractivity contribution in [3.05, 3.63) is 63.9 Å². The third kappa shape index (κ3) is 5.04. The van der Waals surface area contributed by atoms with Crippen LogP contribution >= 0.6 is 11.3 Å². The molecular formula is C26H30N6O3S. The average molecular weight is 507 g/mol. The number of carbonyl (C=O) groups is 3. The number of piperidine rings is 1. The maximum Gasteiger partial charge on any atom is 0.271 e. The van der Waals surface area contributed by atoms with Crippen molar-refractivity contribution in [1.82, 2.24) is 30.3 Å². The number of likely N-dealkylation sites (tertiary alicyclic amines) is 1. The van der Waals surface area contributed by atoms with Crippen molar-refractivity contribution in [1.29, 1.82) is 0 Å². The Labute approximate surface area is 213 Å².